The molecule has 8 heteroatoms. The van der Waals surface area contributed by atoms with Gasteiger partial charge in [0.1, 0.15) is 6.04 Å². The summed E-state index contributed by atoms with van der Waals surface area (Å²) in [4.78, 5) is 8.22. The number of halogens is 3. The maximum atomic E-state index is 13.1. The van der Waals surface area contributed by atoms with Crippen LogP contribution in [-0.4, -0.2) is 34.4 Å². The Morgan fingerprint density at radius 3 is 2.73 bits per heavy atom. The molecule has 0 bridgehead atoms. The number of aliphatic imine (C=N–C) groups is 2. The largest absolute Gasteiger partial charge is 0.321 e. The maximum absolute atomic E-state index is 13.1. The van der Waals surface area contributed by atoms with E-state index in [4.69, 9.17) is 11.6 Å². The molecule has 0 saturated heterocycles. The molecular formula is C14H16ClF2N5. The average molecular weight is 328 g/mol. The Morgan fingerprint density at radius 2 is 2.27 bits per heavy atom. The molecule has 2 rings (SSSR count). The van der Waals surface area contributed by atoms with Crippen LogP contribution in [0.1, 0.15) is 19.4 Å². The van der Waals surface area contributed by atoms with Crippen LogP contribution in [0.3, 0.4) is 0 Å². The highest BCUT2D eigenvalue weighted by Gasteiger charge is 2.59. The summed E-state index contributed by atoms with van der Waals surface area (Å²) in [7, 11) is 1.54. The Labute approximate surface area is 132 Å². The summed E-state index contributed by atoms with van der Waals surface area (Å²) in [6.07, 6.45) is 2.66. The number of hydrogen-bond acceptors (Lipinski definition) is 2. The third-order valence-corrected chi connectivity index (χ3v) is 3.51. The van der Waals surface area contributed by atoms with Crippen molar-refractivity contribution in [3.05, 3.63) is 36.2 Å². The molecule has 0 amide bonds. The van der Waals surface area contributed by atoms with Gasteiger partial charge in [-0.15, -0.1) is 0 Å². The molecule has 118 valence electrons. The fourth-order valence-corrected chi connectivity index (χ4v) is 2.05. The monoisotopic (exact) mass is 327 g/mol. The van der Waals surface area contributed by atoms with Gasteiger partial charge in [0.15, 0.2) is 5.15 Å². The number of nitrogens with zero attached hydrogens (tertiary/aromatic N) is 4. The van der Waals surface area contributed by atoms with Crippen LogP contribution in [0.4, 0.5) is 14.5 Å². The zero-order valence-electron chi connectivity index (χ0n) is 12.3. The number of anilines is 1. The quantitative estimate of drug-likeness (QED) is 0.677. The molecule has 1 saturated carbocycles. The van der Waals surface area contributed by atoms with Crippen LogP contribution in [0.15, 0.2) is 41.0 Å². The summed E-state index contributed by atoms with van der Waals surface area (Å²) in [5.74, 6) is -2.50. The number of hydrogen-bond donors (Lipinski definition) is 1. The molecule has 5 nitrogen and oxygen atoms in total. The number of aromatic nitrogens is 2. The minimum atomic E-state index is -2.75. The molecule has 1 unspecified atom stereocenters. The smallest absolute Gasteiger partial charge is 0.272 e. The van der Waals surface area contributed by atoms with Gasteiger partial charge in [-0.05, 0) is 18.6 Å². The van der Waals surface area contributed by atoms with Crippen LogP contribution in [0.2, 0.25) is 5.15 Å². The standard InChI is InChI=1S/C14H16ClF2N5/c1-5-9(8(2)3)20-13(18-4)21-10-7-19-22(12(10)15)11-6-14(11,16)17/h5,7,11H,1-2,6H2,3-4H3,(H,18,21)/b20-9-. The van der Waals surface area contributed by atoms with Gasteiger partial charge in [-0.1, -0.05) is 24.8 Å². The normalized spacial score (nSPS) is 20.7. The highest BCUT2D eigenvalue weighted by atomic mass is 35.5. The van der Waals surface area contributed by atoms with E-state index >= 15 is 0 Å². The van der Waals surface area contributed by atoms with Crippen LogP contribution in [0, 0.1) is 0 Å². The minimum Gasteiger partial charge on any atom is -0.321 e. The highest BCUT2D eigenvalue weighted by Crippen LogP contribution is 2.53. The first-order chi connectivity index (χ1) is 10.3. The van der Waals surface area contributed by atoms with Crippen LogP contribution >= 0.6 is 11.6 Å². The first-order valence-electron chi connectivity index (χ1n) is 6.51. The van der Waals surface area contributed by atoms with Gasteiger partial charge < -0.3 is 5.32 Å². The topological polar surface area (TPSA) is 54.6 Å². The van der Waals surface area contributed by atoms with E-state index in [0.717, 1.165) is 10.3 Å². The van der Waals surface area contributed by atoms with Gasteiger partial charge in [0.2, 0.25) is 5.96 Å². The fraction of sp³-hybridized carbons (Fsp3) is 0.357. The predicted molar refractivity (Wildman–Crippen MR) is 85.3 cm³/mol. The van der Waals surface area contributed by atoms with Crippen LogP contribution in [-0.2, 0) is 0 Å². The van der Waals surface area contributed by atoms with Gasteiger partial charge in [-0.25, -0.2) is 18.5 Å². The third-order valence-electron chi connectivity index (χ3n) is 3.14. The zero-order valence-corrected chi connectivity index (χ0v) is 13.0. The second-order valence-electron chi connectivity index (χ2n) is 4.93. The number of rotatable bonds is 4. The van der Waals surface area contributed by atoms with Crippen LogP contribution in [0.25, 0.3) is 0 Å². The Balaban J connectivity index is 2.20. The molecule has 0 aromatic carbocycles. The summed E-state index contributed by atoms with van der Waals surface area (Å²) in [6, 6.07) is -0.986. The van der Waals surface area contributed by atoms with E-state index < -0.39 is 12.0 Å². The van der Waals surface area contributed by atoms with E-state index in [-0.39, 0.29) is 17.5 Å². The van der Waals surface area contributed by atoms with Gasteiger partial charge in [-0.3, -0.25) is 4.99 Å². The van der Waals surface area contributed by atoms with Gasteiger partial charge in [0, 0.05) is 13.5 Å². The predicted octanol–water partition coefficient (Wildman–Crippen LogP) is 3.72. The second kappa shape index (κ2) is 6.00. The van der Waals surface area contributed by atoms with Crippen LogP contribution < -0.4 is 5.32 Å². The Kier molecular flexibility index (Phi) is 4.46. The van der Waals surface area contributed by atoms with Crippen molar-refractivity contribution < 1.29 is 8.78 Å². The lowest BCUT2D eigenvalue weighted by atomic mass is 10.2. The number of nitrogens with one attached hydrogen (secondary N) is 1. The molecule has 1 fully saturated rings. The average Bonchev–Trinajstić information content (AvgIpc) is 2.93. The Morgan fingerprint density at radius 1 is 1.64 bits per heavy atom. The summed E-state index contributed by atoms with van der Waals surface area (Å²) in [5.41, 5.74) is 1.64. The lowest BCUT2D eigenvalue weighted by Gasteiger charge is -2.06. The third kappa shape index (κ3) is 3.24. The molecule has 1 aromatic rings. The Hall–Kier alpha value is -2.02. The van der Waals surface area contributed by atoms with E-state index in [1.807, 2.05) is 0 Å². The number of guanidine groups is 1. The van der Waals surface area contributed by atoms with Crippen molar-refractivity contribution in [1.29, 1.82) is 0 Å². The minimum absolute atomic E-state index is 0.0917. The van der Waals surface area contributed by atoms with Crippen molar-refractivity contribution in [3.63, 3.8) is 0 Å². The second-order valence-corrected chi connectivity index (χ2v) is 5.29. The van der Waals surface area contributed by atoms with Crippen molar-refractivity contribution >= 4 is 29.0 Å². The van der Waals surface area contributed by atoms with Gasteiger partial charge >= 0.3 is 0 Å². The van der Waals surface area contributed by atoms with E-state index in [9.17, 15) is 8.78 Å². The molecule has 1 aliphatic rings. The molecule has 1 N–H and O–H groups in total. The molecule has 1 heterocycles. The Bertz CT molecular complexity index is 675. The lowest BCUT2D eigenvalue weighted by molar-refractivity contribution is 0.0984. The molecule has 1 aromatic heterocycles. The van der Waals surface area contributed by atoms with Crippen molar-refractivity contribution in [2.75, 3.05) is 12.4 Å². The van der Waals surface area contributed by atoms with Crippen LogP contribution in [0.5, 0.6) is 0 Å². The zero-order chi connectivity index (χ0) is 16.5. The summed E-state index contributed by atoms with van der Waals surface area (Å²) in [6.45, 7) is 9.21. The molecule has 1 atom stereocenters. The first kappa shape index (κ1) is 16.4. The van der Waals surface area contributed by atoms with Gasteiger partial charge in [0.25, 0.3) is 5.92 Å². The van der Waals surface area contributed by atoms with Gasteiger partial charge in [-0.2, -0.15) is 5.10 Å². The SMILES string of the molecule is C=C/C(=N/C(=NC)Nc1cnn(C2CC2(F)F)c1Cl)C(=C)C. The molecular weight excluding hydrogens is 312 g/mol. The van der Waals surface area contributed by atoms with E-state index in [0.29, 0.717) is 11.4 Å². The number of allylic oxidation sites excluding steroid dienone is 2. The van der Waals surface area contributed by atoms with Crippen molar-refractivity contribution in [3.8, 4) is 0 Å². The van der Waals surface area contributed by atoms with Gasteiger partial charge in [0.05, 0.1) is 17.6 Å². The van der Waals surface area contributed by atoms with E-state index in [1.54, 1.807) is 20.0 Å². The van der Waals surface area contributed by atoms with Crippen molar-refractivity contribution in [2.24, 2.45) is 9.98 Å². The maximum Gasteiger partial charge on any atom is 0.272 e. The summed E-state index contributed by atoms with van der Waals surface area (Å²) in [5, 5.41) is 6.85. The summed E-state index contributed by atoms with van der Waals surface area (Å²) >= 11 is 6.08. The number of alkyl halides is 2. The fourth-order valence-electron chi connectivity index (χ4n) is 1.80. The lowest BCUT2D eigenvalue weighted by Crippen LogP contribution is -2.12. The molecule has 0 spiro atoms. The van der Waals surface area contributed by atoms with Crippen molar-refractivity contribution in [1.82, 2.24) is 9.78 Å². The molecule has 1 aliphatic carbocycles. The van der Waals surface area contributed by atoms with Crippen molar-refractivity contribution in [2.45, 2.75) is 25.3 Å². The summed E-state index contributed by atoms with van der Waals surface area (Å²) < 4.78 is 27.3. The first-order valence-corrected chi connectivity index (χ1v) is 6.89. The molecule has 22 heavy (non-hydrogen) atoms. The molecule has 0 aliphatic heterocycles. The van der Waals surface area contributed by atoms with E-state index in [2.05, 4.69) is 33.6 Å². The molecule has 0 radical (unpaired) electrons. The van der Waals surface area contributed by atoms with E-state index in [1.165, 1.54) is 6.20 Å². The highest BCUT2D eigenvalue weighted by molar-refractivity contribution is 6.32.